The summed E-state index contributed by atoms with van der Waals surface area (Å²) in [5, 5.41) is 3.40. The van der Waals surface area contributed by atoms with Gasteiger partial charge in [0, 0.05) is 17.1 Å². The lowest BCUT2D eigenvalue weighted by molar-refractivity contribution is 0.380. The van der Waals surface area contributed by atoms with Crippen molar-refractivity contribution in [3.8, 4) is 5.75 Å². The molecule has 2 nitrogen and oxygen atoms in total. The maximum atomic E-state index is 13.1. The largest absolute Gasteiger partial charge is 0.493 e. The van der Waals surface area contributed by atoms with Gasteiger partial charge in [-0.15, -0.1) is 0 Å². The minimum atomic E-state index is -0.392. The zero-order valence-electron chi connectivity index (χ0n) is 7.53. The van der Waals surface area contributed by atoms with Crippen LogP contribution in [0.2, 0.25) is 5.02 Å². The number of rotatable bonds is 3. The van der Waals surface area contributed by atoms with Crippen molar-refractivity contribution >= 4 is 11.6 Å². The van der Waals surface area contributed by atoms with Crippen LogP contribution in [0.5, 0.6) is 5.75 Å². The molecule has 1 aromatic carbocycles. The fourth-order valence-electron chi connectivity index (χ4n) is 1.14. The molecule has 4 heteroatoms. The van der Waals surface area contributed by atoms with Crippen LogP contribution in [0.15, 0.2) is 12.1 Å². The van der Waals surface area contributed by atoms with Crippen LogP contribution >= 0.6 is 11.6 Å². The molecule has 0 aliphatic heterocycles. The Labute approximate surface area is 81.7 Å². The highest BCUT2D eigenvalue weighted by molar-refractivity contribution is 6.31. The molecule has 0 aliphatic rings. The Bertz CT molecular complexity index is 304. The molecule has 0 unspecified atom stereocenters. The summed E-state index contributed by atoms with van der Waals surface area (Å²) in [7, 11) is 3.19. The van der Waals surface area contributed by atoms with Crippen molar-refractivity contribution in [3.63, 3.8) is 0 Å². The van der Waals surface area contributed by atoms with E-state index in [1.807, 2.05) is 0 Å². The molecule has 13 heavy (non-hydrogen) atoms. The molecule has 0 aromatic heterocycles. The zero-order valence-corrected chi connectivity index (χ0v) is 8.28. The highest BCUT2D eigenvalue weighted by Gasteiger charge is 2.11. The molecular formula is C9H11ClFNO. The molecule has 0 fully saturated rings. The van der Waals surface area contributed by atoms with Crippen LogP contribution in [-0.4, -0.2) is 14.2 Å². The number of nitrogens with one attached hydrogen (secondary N) is 1. The van der Waals surface area contributed by atoms with Gasteiger partial charge in [-0.3, -0.25) is 0 Å². The minimum absolute atomic E-state index is 0.210. The smallest absolute Gasteiger partial charge is 0.165 e. The molecule has 1 rings (SSSR count). The van der Waals surface area contributed by atoms with E-state index in [9.17, 15) is 4.39 Å². The third kappa shape index (κ3) is 2.11. The first-order valence-corrected chi connectivity index (χ1v) is 4.24. The molecule has 0 atom stereocenters. The molecule has 0 bridgehead atoms. The van der Waals surface area contributed by atoms with Gasteiger partial charge in [-0.2, -0.15) is 0 Å². The summed E-state index contributed by atoms with van der Waals surface area (Å²) < 4.78 is 18.1. The van der Waals surface area contributed by atoms with Crippen molar-refractivity contribution in [1.82, 2.24) is 5.32 Å². The van der Waals surface area contributed by atoms with Gasteiger partial charge < -0.3 is 10.1 Å². The van der Waals surface area contributed by atoms with Gasteiger partial charge in [0.15, 0.2) is 11.6 Å². The molecule has 0 spiro atoms. The van der Waals surface area contributed by atoms with Gasteiger partial charge in [-0.05, 0) is 19.2 Å². The lowest BCUT2D eigenvalue weighted by Gasteiger charge is -2.10. The first kappa shape index (κ1) is 10.3. The third-order valence-electron chi connectivity index (χ3n) is 1.71. The van der Waals surface area contributed by atoms with Crippen molar-refractivity contribution in [2.45, 2.75) is 6.54 Å². The normalized spacial score (nSPS) is 10.2. The number of hydrogen-bond acceptors (Lipinski definition) is 2. The Kier molecular flexibility index (Phi) is 3.51. The lowest BCUT2D eigenvalue weighted by atomic mass is 10.2. The van der Waals surface area contributed by atoms with Crippen molar-refractivity contribution in [1.29, 1.82) is 0 Å². The molecule has 0 radical (unpaired) electrons. The minimum Gasteiger partial charge on any atom is -0.493 e. The lowest BCUT2D eigenvalue weighted by Crippen LogP contribution is -2.08. The summed E-state index contributed by atoms with van der Waals surface area (Å²) in [4.78, 5) is 0. The molecule has 0 amide bonds. The van der Waals surface area contributed by atoms with E-state index in [4.69, 9.17) is 16.3 Å². The Morgan fingerprint density at radius 2 is 2.23 bits per heavy atom. The highest BCUT2D eigenvalue weighted by atomic mass is 35.5. The Morgan fingerprint density at radius 1 is 1.54 bits per heavy atom. The molecule has 1 aromatic rings. The van der Waals surface area contributed by atoms with Gasteiger partial charge in [0.05, 0.1) is 7.11 Å². The SMILES string of the molecule is CNCc1c(Cl)ccc(F)c1OC. The first-order valence-electron chi connectivity index (χ1n) is 3.86. The molecular weight excluding hydrogens is 193 g/mol. The summed E-state index contributed by atoms with van der Waals surface area (Å²) in [5.74, 6) is -0.181. The van der Waals surface area contributed by atoms with Gasteiger partial charge in [0.1, 0.15) is 0 Å². The topological polar surface area (TPSA) is 21.3 Å². The average molecular weight is 204 g/mol. The van der Waals surface area contributed by atoms with Crippen molar-refractivity contribution in [2.24, 2.45) is 0 Å². The van der Waals surface area contributed by atoms with Crippen LogP contribution in [-0.2, 0) is 6.54 Å². The Hall–Kier alpha value is -0.800. The van der Waals surface area contributed by atoms with Crippen LogP contribution in [0.25, 0.3) is 0 Å². The predicted octanol–water partition coefficient (Wildman–Crippen LogP) is 2.21. The van der Waals surface area contributed by atoms with Crippen LogP contribution in [0.3, 0.4) is 0 Å². The fourth-order valence-corrected chi connectivity index (χ4v) is 1.35. The molecule has 1 N–H and O–H groups in total. The van der Waals surface area contributed by atoms with Crippen molar-refractivity contribution in [2.75, 3.05) is 14.2 Å². The van der Waals surface area contributed by atoms with Gasteiger partial charge in [0.2, 0.25) is 0 Å². The van der Waals surface area contributed by atoms with Gasteiger partial charge >= 0.3 is 0 Å². The monoisotopic (exact) mass is 203 g/mol. The zero-order chi connectivity index (χ0) is 9.84. The maximum Gasteiger partial charge on any atom is 0.165 e. The van der Waals surface area contributed by atoms with E-state index in [1.54, 1.807) is 7.05 Å². The van der Waals surface area contributed by atoms with Crippen molar-refractivity contribution in [3.05, 3.63) is 28.5 Å². The van der Waals surface area contributed by atoms with Crippen LogP contribution < -0.4 is 10.1 Å². The summed E-state index contributed by atoms with van der Waals surface area (Å²) >= 11 is 5.87. The Balaban J connectivity index is 3.18. The quantitative estimate of drug-likeness (QED) is 0.814. The summed E-state index contributed by atoms with van der Waals surface area (Å²) in [6.45, 7) is 0.486. The average Bonchev–Trinajstić information content (AvgIpc) is 2.12. The Morgan fingerprint density at radius 3 is 2.77 bits per heavy atom. The molecule has 72 valence electrons. The van der Waals surface area contributed by atoms with E-state index in [-0.39, 0.29) is 5.75 Å². The molecule has 0 heterocycles. The van der Waals surface area contributed by atoms with E-state index in [1.165, 1.54) is 19.2 Å². The van der Waals surface area contributed by atoms with Gasteiger partial charge in [-0.25, -0.2) is 4.39 Å². The highest BCUT2D eigenvalue weighted by Crippen LogP contribution is 2.28. The van der Waals surface area contributed by atoms with E-state index < -0.39 is 5.82 Å². The van der Waals surface area contributed by atoms with Crippen LogP contribution in [0, 0.1) is 5.82 Å². The van der Waals surface area contributed by atoms with E-state index in [0.29, 0.717) is 17.1 Å². The van der Waals surface area contributed by atoms with E-state index >= 15 is 0 Å². The van der Waals surface area contributed by atoms with Gasteiger partial charge in [-0.1, -0.05) is 11.6 Å². The first-order chi connectivity index (χ1) is 6.20. The summed E-state index contributed by atoms with van der Waals surface area (Å²) in [6, 6.07) is 2.81. The van der Waals surface area contributed by atoms with Gasteiger partial charge in [0.25, 0.3) is 0 Å². The van der Waals surface area contributed by atoms with Crippen molar-refractivity contribution < 1.29 is 9.13 Å². The predicted molar refractivity (Wildman–Crippen MR) is 50.7 cm³/mol. The molecule has 0 aliphatic carbocycles. The summed E-state index contributed by atoms with van der Waals surface area (Å²) in [6.07, 6.45) is 0. The van der Waals surface area contributed by atoms with E-state index in [0.717, 1.165) is 0 Å². The number of benzene rings is 1. The number of hydrogen-bond donors (Lipinski definition) is 1. The number of halogens is 2. The number of methoxy groups -OCH3 is 1. The second kappa shape index (κ2) is 4.44. The molecule has 0 saturated heterocycles. The summed E-state index contributed by atoms with van der Waals surface area (Å²) in [5.41, 5.74) is 0.645. The van der Waals surface area contributed by atoms with Crippen LogP contribution in [0.1, 0.15) is 5.56 Å². The molecule has 0 saturated carbocycles. The third-order valence-corrected chi connectivity index (χ3v) is 2.07. The fraction of sp³-hybridized carbons (Fsp3) is 0.333. The van der Waals surface area contributed by atoms with Crippen LogP contribution in [0.4, 0.5) is 4.39 Å². The standard InChI is InChI=1S/C9H11ClFNO/c1-12-5-6-7(10)3-4-8(11)9(6)13-2/h3-4,12H,5H2,1-2H3. The number of ether oxygens (including phenoxy) is 1. The maximum absolute atomic E-state index is 13.1. The second-order valence-electron chi connectivity index (χ2n) is 2.57. The second-order valence-corrected chi connectivity index (χ2v) is 2.98. The van der Waals surface area contributed by atoms with E-state index in [2.05, 4.69) is 5.32 Å².